The molecular formula is C25H28ClFN2O2. The second-order valence-electron chi connectivity index (χ2n) is 6.44. The molecule has 1 heterocycles. The average Bonchev–Trinajstić information content (AvgIpc) is 2.76. The fraction of sp³-hybridized carbons (Fsp3) is 0.200. The number of aromatic nitrogens is 1. The van der Waals surface area contributed by atoms with Crippen LogP contribution in [0.5, 0.6) is 0 Å². The van der Waals surface area contributed by atoms with Gasteiger partial charge in [0.1, 0.15) is 17.2 Å². The molecule has 3 rings (SSSR count). The van der Waals surface area contributed by atoms with E-state index in [1.807, 2.05) is 19.9 Å². The van der Waals surface area contributed by atoms with Gasteiger partial charge < -0.3 is 10.4 Å². The first-order valence-corrected chi connectivity index (χ1v) is 10.2. The molecule has 1 aromatic heterocycles. The van der Waals surface area contributed by atoms with Crippen molar-refractivity contribution in [2.45, 2.75) is 27.2 Å². The monoisotopic (exact) mass is 442 g/mol. The lowest BCUT2D eigenvalue weighted by Crippen LogP contribution is -2.04. The fourth-order valence-electron chi connectivity index (χ4n) is 2.51. The number of anilines is 1. The van der Waals surface area contributed by atoms with E-state index in [1.165, 1.54) is 29.5 Å². The normalized spacial score (nSPS) is 9.87. The highest BCUT2D eigenvalue weighted by Gasteiger charge is 2.10. The highest BCUT2D eigenvalue weighted by molar-refractivity contribution is 6.30. The highest BCUT2D eigenvalue weighted by Crippen LogP contribution is 2.16. The van der Waals surface area contributed by atoms with Crippen molar-refractivity contribution in [1.29, 1.82) is 0 Å². The molecule has 2 N–H and O–H groups in total. The van der Waals surface area contributed by atoms with Crippen LogP contribution >= 0.6 is 11.6 Å². The van der Waals surface area contributed by atoms with Crippen molar-refractivity contribution in [3.8, 4) is 0 Å². The molecule has 0 amide bonds. The summed E-state index contributed by atoms with van der Waals surface area (Å²) in [7, 11) is 1.60. The molecular weight excluding hydrogens is 415 g/mol. The average molecular weight is 443 g/mol. The van der Waals surface area contributed by atoms with E-state index in [4.69, 9.17) is 16.7 Å². The zero-order chi connectivity index (χ0) is 23.2. The molecule has 0 aliphatic carbocycles. The minimum atomic E-state index is -1.05. The number of rotatable bonds is 4. The molecule has 0 aliphatic heterocycles. The van der Waals surface area contributed by atoms with Gasteiger partial charge in [-0.1, -0.05) is 67.1 Å². The third-order valence-corrected chi connectivity index (χ3v) is 4.36. The number of carbonyl (C=O) groups is 1. The summed E-state index contributed by atoms with van der Waals surface area (Å²) in [4.78, 5) is 14.4. The maximum absolute atomic E-state index is 12.4. The summed E-state index contributed by atoms with van der Waals surface area (Å²) >= 11 is 5.56. The lowest BCUT2D eigenvalue weighted by molar-refractivity contribution is 0.0697. The van der Waals surface area contributed by atoms with Gasteiger partial charge in [-0.05, 0) is 55.2 Å². The van der Waals surface area contributed by atoms with E-state index in [9.17, 15) is 9.18 Å². The Morgan fingerprint density at radius 3 is 2.42 bits per heavy atom. The number of carboxylic acids is 1. The molecule has 4 nitrogen and oxygen atoms in total. The predicted octanol–water partition coefficient (Wildman–Crippen LogP) is 6.89. The number of nitrogens with zero attached hydrogens (tertiary/aromatic N) is 1. The summed E-state index contributed by atoms with van der Waals surface area (Å²) in [5.41, 5.74) is 3.77. The molecule has 0 saturated heterocycles. The van der Waals surface area contributed by atoms with Crippen LogP contribution in [0.2, 0.25) is 5.02 Å². The molecule has 0 unspecified atom stereocenters. The van der Waals surface area contributed by atoms with E-state index in [2.05, 4.69) is 53.6 Å². The number of aryl methyl sites for hydroxylation is 2. The first-order valence-electron chi connectivity index (χ1n) is 9.81. The summed E-state index contributed by atoms with van der Waals surface area (Å²) in [6.45, 7) is 6.16. The number of hydrogen-bond acceptors (Lipinski definition) is 3. The number of allylic oxidation sites excluding steroid dienone is 1. The number of nitrogens with one attached hydrogen (secondary N) is 1. The van der Waals surface area contributed by atoms with E-state index < -0.39 is 5.97 Å². The minimum Gasteiger partial charge on any atom is -0.478 e. The lowest BCUT2D eigenvalue weighted by atomic mass is 10.1. The third kappa shape index (κ3) is 9.45. The van der Waals surface area contributed by atoms with Crippen molar-refractivity contribution in [2.75, 3.05) is 12.4 Å². The van der Waals surface area contributed by atoms with Crippen molar-refractivity contribution in [3.63, 3.8) is 0 Å². The van der Waals surface area contributed by atoms with Crippen LogP contribution in [0, 0.1) is 12.7 Å². The Kier molecular flexibility index (Phi) is 11.6. The van der Waals surface area contributed by atoms with Gasteiger partial charge in [0, 0.05) is 13.2 Å². The molecule has 0 fully saturated rings. The van der Waals surface area contributed by atoms with Crippen LogP contribution in [0.15, 0.2) is 66.9 Å². The van der Waals surface area contributed by atoms with Crippen molar-refractivity contribution >= 4 is 29.5 Å². The van der Waals surface area contributed by atoms with E-state index in [0.717, 1.165) is 12.0 Å². The number of pyridine rings is 1. The van der Waals surface area contributed by atoms with E-state index >= 15 is 0 Å². The largest absolute Gasteiger partial charge is 0.478 e. The van der Waals surface area contributed by atoms with Crippen LogP contribution in [0.1, 0.15) is 40.9 Å². The van der Waals surface area contributed by atoms with Crippen molar-refractivity contribution < 1.29 is 14.3 Å². The van der Waals surface area contributed by atoms with Gasteiger partial charge >= 0.3 is 5.97 Å². The van der Waals surface area contributed by atoms with Crippen LogP contribution in [-0.4, -0.2) is 23.1 Å². The smallest absolute Gasteiger partial charge is 0.339 e. The van der Waals surface area contributed by atoms with Gasteiger partial charge in [-0.25, -0.2) is 14.2 Å². The number of carboxylic acid groups (broad SMARTS) is 1. The van der Waals surface area contributed by atoms with Crippen molar-refractivity contribution in [2.24, 2.45) is 0 Å². The van der Waals surface area contributed by atoms with Gasteiger partial charge in [-0.2, -0.15) is 0 Å². The standard InChI is InChI=1S/C10H12.C8H9F.C7H7ClN2O2/c1-3-6-10-8-5-4-7-9(10)2;1-2-7-4-3-5-8(9)6-7;1-9-6-5(7(11)12)2-4(8)3-10-6/h3-8H,1-2H3;3-6H,2H2,1H3;2-3H,1H3,(H,9,10)(H,11,12)/b6-3-;;. The molecule has 2 aromatic carbocycles. The molecule has 0 spiro atoms. The van der Waals surface area contributed by atoms with Crippen LogP contribution in [0.3, 0.4) is 0 Å². The first-order chi connectivity index (χ1) is 14.8. The van der Waals surface area contributed by atoms with Gasteiger partial charge in [-0.3, -0.25) is 0 Å². The van der Waals surface area contributed by atoms with Gasteiger partial charge in [0.2, 0.25) is 0 Å². The topological polar surface area (TPSA) is 62.2 Å². The van der Waals surface area contributed by atoms with Gasteiger partial charge in [0.25, 0.3) is 0 Å². The Balaban J connectivity index is 0.000000235. The van der Waals surface area contributed by atoms with Crippen molar-refractivity contribution in [1.82, 2.24) is 4.98 Å². The second-order valence-corrected chi connectivity index (χ2v) is 6.88. The van der Waals surface area contributed by atoms with Crippen LogP contribution in [0.25, 0.3) is 6.08 Å². The lowest BCUT2D eigenvalue weighted by Gasteiger charge is -2.02. The molecule has 3 aromatic rings. The van der Waals surface area contributed by atoms with Gasteiger partial charge in [0.05, 0.1) is 5.02 Å². The summed E-state index contributed by atoms with van der Waals surface area (Å²) in [5.74, 6) is -0.879. The van der Waals surface area contributed by atoms with Gasteiger partial charge in [-0.15, -0.1) is 0 Å². The number of hydrogen-bond donors (Lipinski definition) is 2. The van der Waals surface area contributed by atoms with Crippen molar-refractivity contribution in [3.05, 3.63) is 100.0 Å². The third-order valence-electron chi connectivity index (χ3n) is 4.15. The Hall–Kier alpha value is -3.18. The van der Waals surface area contributed by atoms with Crippen LogP contribution in [-0.2, 0) is 6.42 Å². The molecule has 6 heteroatoms. The van der Waals surface area contributed by atoms with Gasteiger partial charge in [0.15, 0.2) is 0 Å². The van der Waals surface area contributed by atoms with E-state index in [-0.39, 0.29) is 11.4 Å². The maximum Gasteiger partial charge on any atom is 0.339 e. The molecule has 0 bridgehead atoms. The molecule has 0 atom stereocenters. The first kappa shape index (κ1) is 25.9. The number of halogens is 2. The molecule has 0 saturated carbocycles. The molecule has 31 heavy (non-hydrogen) atoms. The molecule has 0 radical (unpaired) electrons. The Morgan fingerprint density at radius 2 is 1.90 bits per heavy atom. The minimum absolute atomic E-state index is 0.0741. The Labute approximate surface area is 188 Å². The summed E-state index contributed by atoms with van der Waals surface area (Å²) < 4.78 is 12.4. The Morgan fingerprint density at radius 1 is 1.19 bits per heavy atom. The van der Waals surface area contributed by atoms with E-state index in [0.29, 0.717) is 10.8 Å². The van der Waals surface area contributed by atoms with Crippen LogP contribution < -0.4 is 5.32 Å². The SMILES string of the molecule is C/C=C\c1ccccc1C.CCc1cccc(F)c1.CNc1ncc(Cl)cc1C(=O)O. The zero-order valence-electron chi connectivity index (χ0n) is 18.2. The maximum atomic E-state index is 12.4. The summed E-state index contributed by atoms with van der Waals surface area (Å²) in [6, 6.07) is 16.4. The second kappa shape index (κ2) is 13.9. The number of benzene rings is 2. The molecule has 164 valence electrons. The zero-order valence-corrected chi connectivity index (χ0v) is 18.9. The quantitative estimate of drug-likeness (QED) is 0.461. The summed E-state index contributed by atoms with van der Waals surface area (Å²) in [5, 5.41) is 11.6. The predicted molar refractivity (Wildman–Crippen MR) is 127 cm³/mol. The highest BCUT2D eigenvalue weighted by atomic mass is 35.5. The summed E-state index contributed by atoms with van der Waals surface area (Å²) in [6.07, 6.45) is 6.47. The van der Waals surface area contributed by atoms with Crippen LogP contribution in [0.4, 0.5) is 10.2 Å². The Bertz CT molecular complexity index is 1010. The molecule has 0 aliphatic rings. The fourth-order valence-corrected chi connectivity index (χ4v) is 2.67. The van der Waals surface area contributed by atoms with E-state index in [1.54, 1.807) is 19.2 Å². The number of aromatic carboxylic acids is 1.